The number of nitrogens with zero attached hydrogens (tertiary/aromatic N) is 2. The Morgan fingerprint density at radius 3 is 2.65 bits per heavy atom. The number of fused-ring (bicyclic) bond motifs is 1. The van der Waals surface area contributed by atoms with Crippen molar-refractivity contribution < 1.29 is 23.8 Å². The molecule has 1 aliphatic rings. The van der Waals surface area contributed by atoms with E-state index in [4.69, 9.17) is 14.2 Å². The van der Waals surface area contributed by atoms with Crippen molar-refractivity contribution in [1.29, 1.82) is 0 Å². The van der Waals surface area contributed by atoms with Crippen molar-refractivity contribution >= 4 is 23.2 Å². The number of carbonyl (C=O) groups excluding carboxylic acids is 2. The summed E-state index contributed by atoms with van der Waals surface area (Å²) in [6.07, 6.45) is 1.73. The number of ether oxygens (including phenoxy) is 3. The number of carbonyl (C=O) groups is 2. The Morgan fingerprint density at radius 1 is 1.05 bits per heavy atom. The van der Waals surface area contributed by atoms with Gasteiger partial charge in [0.25, 0.3) is 0 Å². The van der Waals surface area contributed by atoms with E-state index >= 15 is 0 Å². The van der Waals surface area contributed by atoms with E-state index in [-0.39, 0.29) is 30.8 Å². The summed E-state index contributed by atoms with van der Waals surface area (Å²) >= 11 is 1.71. The molecule has 4 rings (SSSR count). The third kappa shape index (κ3) is 7.11. The number of benzene rings is 2. The molecule has 1 aliphatic heterocycles. The van der Waals surface area contributed by atoms with Crippen molar-refractivity contribution in [3.05, 3.63) is 82.0 Å². The van der Waals surface area contributed by atoms with Crippen LogP contribution >= 0.6 is 11.3 Å². The van der Waals surface area contributed by atoms with Crippen molar-refractivity contribution in [3.63, 3.8) is 0 Å². The predicted molar refractivity (Wildman–Crippen MR) is 144 cm³/mol. The topological polar surface area (TPSA) is 68.3 Å². The highest BCUT2D eigenvalue weighted by atomic mass is 32.1. The van der Waals surface area contributed by atoms with Crippen LogP contribution in [-0.2, 0) is 27.2 Å². The Kier molecular flexibility index (Phi) is 9.57. The molecule has 196 valence electrons. The van der Waals surface area contributed by atoms with Gasteiger partial charge < -0.3 is 24.0 Å². The summed E-state index contributed by atoms with van der Waals surface area (Å²) in [4.78, 5) is 31.7. The maximum atomic E-state index is 13.7. The molecule has 1 aromatic heterocycles. The van der Waals surface area contributed by atoms with Gasteiger partial charge in [-0.05, 0) is 47.5 Å². The zero-order valence-electron chi connectivity index (χ0n) is 21.4. The number of amides is 2. The molecule has 0 radical (unpaired) electrons. The lowest BCUT2D eigenvalue weighted by Gasteiger charge is -2.37. The van der Waals surface area contributed by atoms with Crippen molar-refractivity contribution in [2.75, 3.05) is 47.1 Å². The molecule has 0 spiro atoms. The van der Waals surface area contributed by atoms with Crippen molar-refractivity contribution in [2.24, 2.45) is 0 Å². The molecule has 0 bridgehead atoms. The molecule has 7 nitrogen and oxygen atoms in total. The molecular weight excluding hydrogens is 488 g/mol. The lowest BCUT2D eigenvalue weighted by Crippen LogP contribution is -2.48. The van der Waals surface area contributed by atoms with Gasteiger partial charge in [-0.3, -0.25) is 9.59 Å². The SMILES string of the molecule is COCCCN(CC(=O)N1CCc2sccc2[C@@H]1COc1cccc(OC)c1)C(=O)Cc1ccccc1. The van der Waals surface area contributed by atoms with Crippen LogP contribution in [0.15, 0.2) is 66.0 Å². The molecule has 0 aliphatic carbocycles. The van der Waals surface area contributed by atoms with Crippen LogP contribution in [0, 0.1) is 0 Å². The zero-order valence-corrected chi connectivity index (χ0v) is 22.2. The highest BCUT2D eigenvalue weighted by molar-refractivity contribution is 7.10. The number of hydrogen-bond acceptors (Lipinski definition) is 6. The third-order valence-corrected chi connectivity index (χ3v) is 7.51. The van der Waals surface area contributed by atoms with Gasteiger partial charge in [-0.15, -0.1) is 11.3 Å². The van der Waals surface area contributed by atoms with Crippen LogP contribution in [0.1, 0.15) is 28.5 Å². The third-order valence-electron chi connectivity index (χ3n) is 6.52. The Bertz CT molecular complexity index is 1170. The number of thiophene rings is 1. The fourth-order valence-electron chi connectivity index (χ4n) is 4.57. The van der Waals surface area contributed by atoms with Gasteiger partial charge in [0.15, 0.2) is 0 Å². The molecule has 8 heteroatoms. The second-order valence-electron chi connectivity index (χ2n) is 8.97. The monoisotopic (exact) mass is 522 g/mol. The van der Waals surface area contributed by atoms with Gasteiger partial charge in [0, 0.05) is 37.7 Å². The summed E-state index contributed by atoms with van der Waals surface area (Å²) in [5.74, 6) is 1.27. The average molecular weight is 523 g/mol. The average Bonchev–Trinajstić information content (AvgIpc) is 3.41. The minimum Gasteiger partial charge on any atom is -0.497 e. The number of rotatable bonds is 12. The summed E-state index contributed by atoms with van der Waals surface area (Å²) in [5, 5.41) is 2.07. The molecule has 0 saturated carbocycles. The maximum Gasteiger partial charge on any atom is 0.242 e. The summed E-state index contributed by atoms with van der Waals surface area (Å²) in [7, 11) is 3.26. The minimum atomic E-state index is -0.223. The summed E-state index contributed by atoms with van der Waals surface area (Å²) in [5.41, 5.74) is 2.05. The molecule has 0 fully saturated rings. The van der Waals surface area contributed by atoms with E-state index in [1.54, 1.807) is 30.5 Å². The Labute approximate surface area is 222 Å². The normalized spacial score (nSPS) is 14.6. The fourth-order valence-corrected chi connectivity index (χ4v) is 5.50. The van der Waals surface area contributed by atoms with E-state index in [1.807, 2.05) is 59.5 Å². The van der Waals surface area contributed by atoms with Crippen molar-refractivity contribution in [2.45, 2.75) is 25.3 Å². The number of hydrogen-bond donors (Lipinski definition) is 0. The van der Waals surface area contributed by atoms with E-state index in [0.29, 0.717) is 44.2 Å². The van der Waals surface area contributed by atoms with Crippen LogP contribution in [0.3, 0.4) is 0 Å². The molecule has 0 N–H and O–H groups in total. The van der Waals surface area contributed by atoms with Crippen LogP contribution in [0.4, 0.5) is 0 Å². The second-order valence-corrected chi connectivity index (χ2v) is 9.97. The quantitative estimate of drug-likeness (QED) is 0.331. The fraction of sp³-hybridized carbons (Fsp3) is 0.379. The second kappa shape index (κ2) is 13.3. The standard InChI is InChI=1S/C29H34N2O5S/c1-34-16-7-14-30(28(32)18-22-8-4-3-5-9-22)20-29(33)31-15-12-27-25(13-17-37-27)26(31)21-36-24-11-6-10-23(19-24)35-2/h3-6,8-11,13,17,19,26H,7,12,14-16,18,20-21H2,1-2H3/t26-/m0/s1. The first-order valence-electron chi connectivity index (χ1n) is 12.5. The zero-order chi connectivity index (χ0) is 26.0. The molecule has 2 amide bonds. The first-order chi connectivity index (χ1) is 18.1. The van der Waals surface area contributed by atoms with Gasteiger partial charge in [0.2, 0.25) is 11.8 Å². The Hall–Kier alpha value is -3.36. The molecular formula is C29H34N2O5S. The van der Waals surface area contributed by atoms with Crippen LogP contribution in [0.5, 0.6) is 11.5 Å². The van der Waals surface area contributed by atoms with Gasteiger partial charge in [-0.1, -0.05) is 36.4 Å². The summed E-state index contributed by atoms with van der Waals surface area (Å²) in [6.45, 7) is 1.95. The molecule has 3 aromatic rings. The number of methoxy groups -OCH3 is 2. The van der Waals surface area contributed by atoms with Crippen molar-refractivity contribution in [3.8, 4) is 11.5 Å². The molecule has 37 heavy (non-hydrogen) atoms. The van der Waals surface area contributed by atoms with E-state index in [0.717, 1.165) is 17.5 Å². The van der Waals surface area contributed by atoms with Crippen LogP contribution in [-0.4, -0.2) is 68.7 Å². The van der Waals surface area contributed by atoms with Gasteiger partial charge in [0.1, 0.15) is 18.1 Å². The molecule has 0 saturated heterocycles. The van der Waals surface area contributed by atoms with Gasteiger partial charge >= 0.3 is 0 Å². The molecule has 1 atom stereocenters. The van der Waals surface area contributed by atoms with Crippen molar-refractivity contribution in [1.82, 2.24) is 9.80 Å². The minimum absolute atomic E-state index is 0.0323. The van der Waals surface area contributed by atoms with Gasteiger partial charge in [0.05, 0.1) is 26.1 Å². The van der Waals surface area contributed by atoms with E-state index in [2.05, 4.69) is 11.4 Å². The van der Waals surface area contributed by atoms with E-state index in [9.17, 15) is 9.59 Å². The Balaban J connectivity index is 1.48. The van der Waals surface area contributed by atoms with Crippen LogP contribution in [0.2, 0.25) is 0 Å². The highest BCUT2D eigenvalue weighted by Crippen LogP contribution is 2.34. The first-order valence-corrected chi connectivity index (χ1v) is 13.4. The summed E-state index contributed by atoms with van der Waals surface area (Å²) < 4.78 is 16.6. The van der Waals surface area contributed by atoms with E-state index in [1.165, 1.54) is 4.88 Å². The molecule has 2 heterocycles. The largest absolute Gasteiger partial charge is 0.497 e. The first kappa shape index (κ1) is 26.7. The lowest BCUT2D eigenvalue weighted by molar-refractivity contribution is -0.142. The van der Waals surface area contributed by atoms with Crippen LogP contribution < -0.4 is 9.47 Å². The molecule has 0 unspecified atom stereocenters. The maximum absolute atomic E-state index is 13.7. The predicted octanol–water partition coefficient (Wildman–Crippen LogP) is 4.37. The van der Waals surface area contributed by atoms with Gasteiger partial charge in [-0.2, -0.15) is 0 Å². The highest BCUT2D eigenvalue weighted by Gasteiger charge is 2.33. The smallest absolute Gasteiger partial charge is 0.242 e. The Morgan fingerprint density at radius 2 is 1.86 bits per heavy atom. The lowest BCUT2D eigenvalue weighted by atomic mass is 10.0. The van der Waals surface area contributed by atoms with E-state index < -0.39 is 0 Å². The summed E-state index contributed by atoms with van der Waals surface area (Å²) in [6, 6.07) is 18.9. The molecule has 2 aromatic carbocycles. The van der Waals surface area contributed by atoms with Gasteiger partial charge in [-0.25, -0.2) is 0 Å². The van der Waals surface area contributed by atoms with Crippen LogP contribution in [0.25, 0.3) is 0 Å².